The van der Waals surface area contributed by atoms with E-state index in [2.05, 4.69) is 31.2 Å². The molecule has 13 heavy (non-hydrogen) atoms. The zero-order valence-corrected chi connectivity index (χ0v) is 8.72. The topological polar surface area (TPSA) is 0 Å². The average molecular weight is 195 g/mol. The molecule has 0 saturated heterocycles. The fourth-order valence-corrected chi connectivity index (χ4v) is 2.32. The van der Waals surface area contributed by atoms with E-state index >= 15 is 0 Å². The van der Waals surface area contributed by atoms with Gasteiger partial charge in [-0.1, -0.05) is 29.8 Å². The predicted molar refractivity (Wildman–Crippen MR) is 57.4 cm³/mol. The zero-order chi connectivity index (χ0) is 9.26. The maximum absolute atomic E-state index is 5.99. The van der Waals surface area contributed by atoms with Crippen LogP contribution in [0.4, 0.5) is 0 Å². The third kappa shape index (κ3) is 2.05. The second-order valence-corrected chi connectivity index (χ2v) is 4.32. The molecule has 0 spiro atoms. The molecule has 1 unspecified atom stereocenters. The monoisotopic (exact) mass is 194 g/mol. The Balaban J connectivity index is 2.21. The maximum Gasteiger partial charge on any atom is 0.0294 e. The van der Waals surface area contributed by atoms with Gasteiger partial charge in [-0.05, 0) is 31.2 Å². The van der Waals surface area contributed by atoms with Gasteiger partial charge in [-0.25, -0.2) is 0 Å². The number of rotatable bonds is 3. The van der Waals surface area contributed by atoms with Crippen LogP contribution in [-0.4, -0.2) is 5.88 Å². The molecular weight excluding hydrogens is 180 g/mol. The van der Waals surface area contributed by atoms with E-state index < -0.39 is 0 Å². The van der Waals surface area contributed by atoms with E-state index in [-0.39, 0.29) is 0 Å². The minimum Gasteiger partial charge on any atom is -0.126 e. The lowest BCUT2D eigenvalue weighted by molar-refractivity contribution is 0.670. The van der Waals surface area contributed by atoms with Crippen molar-refractivity contribution >= 4 is 11.6 Å². The Hall–Kier alpha value is -0.490. The van der Waals surface area contributed by atoms with Crippen LogP contribution >= 0.6 is 11.6 Å². The van der Waals surface area contributed by atoms with Crippen LogP contribution < -0.4 is 0 Å². The van der Waals surface area contributed by atoms with Gasteiger partial charge in [-0.3, -0.25) is 0 Å². The molecule has 1 heteroatoms. The summed E-state index contributed by atoms with van der Waals surface area (Å²) in [7, 11) is 0. The summed E-state index contributed by atoms with van der Waals surface area (Å²) in [4.78, 5) is 0. The van der Waals surface area contributed by atoms with Crippen molar-refractivity contribution in [2.75, 3.05) is 5.88 Å². The Morgan fingerprint density at radius 3 is 2.77 bits per heavy atom. The smallest absolute Gasteiger partial charge is 0.0294 e. The summed E-state index contributed by atoms with van der Waals surface area (Å²) in [5, 5.41) is 0. The first-order chi connectivity index (χ1) is 6.31. The number of benzene rings is 1. The van der Waals surface area contributed by atoms with E-state index in [1.807, 2.05) is 0 Å². The van der Waals surface area contributed by atoms with Crippen molar-refractivity contribution in [1.82, 2.24) is 0 Å². The Kier molecular flexibility index (Phi) is 2.59. The summed E-state index contributed by atoms with van der Waals surface area (Å²) in [5.41, 5.74) is 2.77. The third-order valence-electron chi connectivity index (χ3n) is 2.83. The van der Waals surface area contributed by atoms with Crippen LogP contribution in [0.1, 0.15) is 29.9 Å². The van der Waals surface area contributed by atoms with E-state index in [0.29, 0.717) is 5.92 Å². The number of hydrogen-bond donors (Lipinski definition) is 0. The van der Waals surface area contributed by atoms with Crippen LogP contribution in [0.3, 0.4) is 0 Å². The molecular formula is C12H15Cl. The molecule has 0 amide bonds. The highest BCUT2D eigenvalue weighted by Crippen LogP contribution is 2.43. The zero-order valence-electron chi connectivity index (χ0n) is 7.96. The Labute approximate surface area is 84.9 Å². The van der Waals surface area contributed by atoms with Gasteiger partial charge in [0.1, 0.15) is 0 Å². The van der Waals surface area contributed by atoms with Gasteiger partial charge >= 0.3 is 0 Å². The lowest BCUT2D eigenvalue weighted by Gasteiger charge is -2.13. The lowest BCUT2D eigenvalue weighted by atomic mass is 9.95. The average Bonchev–Trinajstić information content (AvgIpc) is 2.90. The third-order valence-corrected chi connectivity index (χ3v) is 3.16. The Morgan fingerprint density at radius 2 is 2.23 bits per heavy atom. The van der Waals surface area contributed by atoms with Gasteiger partial charge in [0.05, 0.1) is 0 Å². The van der Waals surface area contributed by atoms with E-state index in [1.165, 1.54) is 24.0 Å². The van der Waals surface area contributed by atoms with E-state index in [4.69, 9.17) is 11.6 Å². The van der Waals surface area contributed by atoms with E-state index in [1.54, 1.807) is 0 Å². The SMILES string of the molecule is Cc1cccc(C(CCl)C2CC2)c1. The van der Waals surface area contributed by atoms with Gasteiger partial charge in [0.2, 0.25) is 0 Å². The Morgan fingerprint density at radius 1 is 1.46 bits per heavy atom. The van der Waals surface area contributed by atoms with Crippen molar-refractivity contribution < 1.29 is 0 Å². The van der Waals surface area contributed by atoms with E-state index in [0.717, 1.165) is 11.8 Å². The van der Waals surface area contributed by atoms with Crippen LogP contribution in [-0.2, 0) is 0 Å². The molecule has 0 N–H and O–H groups in total. The normalized spacial score (nSPS) is 18.6. The molecule has 2 rings (SSSR count). The highest BCUT2D eigenvalue weighted by molar-refractivity contribution is 6.18. The largest absolute Gasteiger partial charge is 0.126 e. The first-order valence-corrected chi connectivity index (χ1v) is 5.47. The van der Waals surface area contributed by atoms with Crippen molar-refractivity contribution in [2.24, 2.45) is 5.92 Å². The molecule has 1 aromatic carbocycles. The number of hydrogen-bond acceptors (Lipinski definition) is 0. The van der Waals surface area contributed by atoms with Crippen molar-refractivity contribution in [3.8, 4) is 0 Å². The number of aryl methyl sites for hydroxylation is 1. The van der Waals surface area contributed by atoms with Crippen molar-refractivity contribution in [2.45, 2.75) is 25.7 Å². The number of alkyl halides is 1. The molecule has 1 aliphatic carbocycles. The second kappa shape index (κ2) is 3.71. The van der Waals surface area contributed by atoms with Gasteiger partial charge in [-0.15, -0.1) is 11.6 Å². The molecule has 0 aliphatic heterocycles. The van der Waals surface area contributed by atoms with Gasteiger partial charge in [0, 0.05) is 11.8 Å². The minimum atomic E-state index is 0.599. The first-order valence-electron chi connectivity index (χ1n) is 4.94. The standard InChI is InChI=1S/C12H15Cl/c1-9-3-2-4-11(7-9)12(8-13)10-5-6-10/h2-4,7,10,12H,5-6,8H2,1H3. The van der Waals surface area contributed by atoms with Gasteiger partial charge in [0.25, 0.3) is 0 Å². The molecule has 0 radical (unpaired) electrons. The molecule has 1 fully saturated rings. The molecule has 1 saturated carbocycles. The van der Waals surface area contributed by atoms with Gasteiger partial charge in [-0.2, -0.15) is 0 Å². The summed E-state index contributed by atoms with van der Waals surface area (Å²) in [6, 6.07) is 8.75. The predicted octanol–water partition coefficient (Wildman–Crippen LogP) is 3.73. The van der Waals surface area contributed by atoms with Crippen molar-refractivity contribution in [3.63, 3.8) is 0 Å². The van der Waals surface area contributed by atoms with Crippen LogP contribution in [0.2, 0.25) is 0 Å². The molecule has 1 aliphatic rings. The minimum absolute atomic E-state index is 0.599. The second-order valence-electron chi connectivity index (χ2n) is 4.01. The molecule has 1 atom stereocenters. The molecule has 0 bridgehead atoms. The molecule has 1 aromatic rings. The van der Waals surface area contributed by atoms with Crippen LogP contribution in [0.25, 0.3) is 0 Å². The molecule has 0 aromatic heterocycles. The van der Waals surface area contributed by atoms with Gasteiger partial charge in [0.15, 0.2) is 0 Å². The van der Waals surface area contributed by atoms with E-state index in [9.17, 15) is 0 Å². The van der Waals surface area contributed by atoms with Crippen LogP contribution in [0, 0.1) is 12.8 Å². The molecule has 70 valence electrons. The van der Waals surface area contributed by atoms with Crippen LogP contribution in [0.15, 0.2) is 24.3 Å². The lowest BCUT2D eigenvalue weighted by Crippen LogP contribution is -2.02. The fraction of sp³-hybridized carbons (Fsp3) is 0.500. The van der Waals surface area contributed by atoms with Crippen LogP contribution in [0.5, 0.6) is 0 Å². The summed E-state index contributed by atoms with van der Waals surface area (Å²) in [5.74, 6) is 2.23. The first kappa shape index (κ1) is 9.08. The summed E-state index contributed by atoms with van der Waals surface area (Å²) < 4.78 is 0. The highest BCUT2D eigenvalue weighted by atomic mass is 35.5. The molecule has 0 nitrogen and oxygen atoms in total. The summed E-state index contributed by atoms with van der Waals surface area (Å²) in [6.07, 6.45) is 2.73. The Bertz CT molecular complexity index is 289. The quantitative estimate of drug-likeness (QED) is 0.644. The maximum atomic E-state index is 5.99. The van der Waals surface area contributed by atoms with Crippen molar-refractivity contribution in [1.29, 1.82) is 0 Å². The van der Waals surface area contributed by atoms with Crippen molar-refractivity contribution in [3.05, 3.63) is 35.4 Å². The summed E-state index contributed by atoms with van der Waals surface area (Å²) in [6.45, 7) is 2.14. The number of halogens is 1. The van der Waals surface area contributed by atoms with Gasteiger partial charge < -0.3 is 0 Å². The highest BCUT2D eigenvalue weighted by Gasteiger charge is 2.31. The molecule has 0 heterocycles. The summed E-state index contributed by atoms with van der Waals surface area (Å²) >= 11 is 5.99. The fourth-order valence-electron chi connectivity index (χ4n) is 1.89.